The van der Waals surface area contributed by atoms with Crippen molar-refractivity contribution in [1.29, 1.82) is 0 Å². The molecule has 1 aliphatic heterocycles. The molecule has 0 radical (unpaired) electrons. The Morgan fingerprint density at radius 1 is 1.02 bits per heavy atom. The largest absolute Gasteiger partial charge is 0.363 e. The molecule has 0 amide bonds. The maximum absolute atomic E-state index is 5.10. The van der Waals surface area contributed by atoms with Crippen LogP contribution in [0.4, 0.5) is 0 Å². The van der Waals surface area contributed by atoms with Gasteiger partial charge in [-0.2, -0.15) is 0 Å². The number of aromatic nitrogens is 4. The molecular formula is C34H36N6. The molecule has 2 fully saturated rings. The highest BCUT2D eigenvalue weighted by Gasteiger charge is 2.38. The van der Waals surface area contributed by atoms with Crippen molar-refractivity contribution in [3.63, 3.8) is 0 Å². The molecule has 0 bridgehead atoms. The van der Waals surface area contributed by atoms with E-state index in [0.29, 0.717) is 5.92 Å². The Kier molecular flexibility index (Phi) is 6.26. The van der Waals surface area contributed by atoms with E-state index >= 15 is 0 Å². The number of aromatic amines is 2. The second kappa shape index (κ2) is 10.1. The average Bonchev–Trinajstić information content (AvgIpc) is 3.36. The number of aliphatic imine (C=N–C) groups is 1. The van der Waals surface area contributed by atoms with Gasteiger partial charge in [-0.05, 0) is 91.1 Å². The minimum absolute atomic E-state index is 0.208. The molecule has 2 aliphatic rings. The molecule has 6 nitrogen and oxygen atoms in total. The van der Waals surface area contributed by atoms with E-state index in [1.54, 1.807) is 6.33 Å². The van der Waals surface area contributed by atoms with E-state index in [2.05, 4.69) is 94.9 Å². The molecule has 40 heavy (non-hydrogen) atoms. The van der Waals surface area contributed by atoms with Crippen LogP contribution in [0.3, 0.4) is 0 Å². The first-order valence-corrected chi connectivity index (χ1v) is 14.6. The van der Waals surface area contributed by atoms with Gasteiger partial charge in [-0.1, -0.05) is 43.8 Å². The van der Waals surface area contributed by atoms with Crippen LogP contribution >= 0.6 is 0 Å². The van der Waals surface area contributed by atoms with Crippen molar-refractivity contribution in [3.05, 3.63) is 85.2 Å². The second-order valence-corrected chi connectivity index (χ2v) is 11.4. The van der Waals surface area contributed by atoms with Crippen molar-refractivity contribution in [2.24, 2.45) is 10.9 Å². The van der Waals surface area contributed by atoms with Crippen LogP contribution in [-0.4, -0.2) is 43.1 Å². The molecule has 7 rings (SSSR count). The normalized spacial score (nSPS) is 18.6. The quantitative estimate of drug-likeness (QED) is 0.200. The maximum Gasteiger partial charge on any atom is 0.130 e. The molecule has 2 aromatic heterocycles. The molecule has 2 N–H and O–H groups in total. The van der Waals surface area contributed by atoms with Gasteiger partial charge in [-0.25, -0.2) is 9.97 Å². The third-order valence-electron chi connectivity index (χ3n) is 8.70. The van der Waals surface area contributed by atoms with Crippen LogP contribution in [0.1, 0.15) is 57.8 Å². The monoisotopic (exact) mass is 528 g/mol. The summed E-state index contributed by atoms with van der Waals surface area (Å²) in [6.07, 6.45) is 9.33. The van der Waals surface area contributed by atoms with E-state index < -0.39 is 0 Å². The molecule has 1 saturated heterocycles. The number of fused-ring (bicyclic) bond motifs is 2. The number of rotatable bonds is 8. The molecule has 6 heteroatoms. The average molecular weight is 529 g/mol. The summed E-state index contributed by atoms with van der Waals surface area (Å²) in [5.41, 5.74) is 9.05. The number of hydrogen-bond donors (Lipinski definition) is 2. The maximum atomic E-state index is 5.10. The molecule has 3 aromatic carbocycles. The summed E-state index contributed by atoms with van der Waals surface area (Å²) in [6, 6.07) is 20.2. The van der Waals surface area contributed by atoms with E-state index in [1.807, 2.05) is 6.20 Å². The fourth-order valence-electron chi connectivity index (χ4n) is 6.13. The highest BCUT2D eigenvalue weighted by atomic mass is 15.2. The number of hydrogen-bond acceptors (Lipinski definition) is 4. The molecule has 3 heterocycles. The summed E-state index contributed by atoms with van der Waals surface area (Å²) in [4.78, 5) is 23.7. The summed E-state index contributed by atoms with van der Waals surface area (Å²) in [5, 5.41) is 2.43. The van der Waals surface area contributed by atoms with Gasteiger partial charge in [0.15, 0.2) is 0 Å². The Balaban J connectivity index is 1.16. The predicted molar refractivity (Wildman–Crippen MR) is 164 cm³/mol. The summed E-state index contributed by atoms with van der Waals surface area (Å²) < 4.78 is 0. The standard InChI is InChI=1S/C34H36N6/c1-4-21(2)37-33(23-7-8-23)22(3)40-15-5-6-32(40)34-38-29-14-13-27(18-30(29)39-34)25-9-10-26-17-28(12-11-24(26)16-25)31-19-35-20-36-31/h9-14,16-20,23,32-33H,3-8,15H2,1-2H3,(H,35,36)(H,38,39)/t32-,33+/m0/s1. The molecule has 2 atom stereocenters. The van der Waals surface area contributed by atoms with Crippen molar-refractivity contribution in [1.82, 2.24) is 24.8 Å². The Labute approximate surface area is 235 Å². The SMILES string of the molecule is C=C([C@@H](N=C(C)CC)C1CC1)N1CCC[C@H]1c1nc2ccc(-c3ccc4cc(-c5cnc[nH]5)ccc4c3)cc2[nH]1. The fourth-order valence-corrected chi connectivity index (χ4v) is 6.13. The number of benzene rings is 3. The Hall–Kier alpha value is -4.19. The third-order valence-corrected chi connectivity index (χ3v) is 8.70. The van der Waals surface area contributed by atoms with Crippen molar-refractivity contribution >= 4 is 27.5 Å². The van der Waals surface area contributed by atoms with E-state index in [0.717, 1.165) is 53.9 Å². The van der Waals surface area contributed by atoms with Crippen LogP contribution in [0.5, 0.6) is 0 Å². The zero-order valence-corrected chi connectivity index (χ0v) is 23.3. The number of H-pyrrole nitrogens is 2. The smallest absolute Gasteiger partial charge is 0.130 e. The molecule has 1 aliphatic carbocycles. The highest BCUT2D eigenvalue weighted by molar-refractivity contribution is 5.91. The Bertz CT molecular complexity index is 1720. The van der Waals surface area contributed by atoms with Gasteiger partial charge in [0.05, 0.1) is 41.3 Å². The summed E-state index contributed by atoms with van der Waals surface area (Å²) in [6.45, 7) is 9.94. The fraction of sp³-hybridized carbons (Fsp3) is 0.324. The topological polar surface area (TPSA) is 73.0 Å². The van der Waals surface area contributed by atoms with Crippen LogP contribution in [0, 0.1) is 5.92 Å². The van der Waals surface area contributed by atoms with Gasteiger partial charge < -0.3 is 14.9 Å². The number of imidazole rings is 2. The van der Waals surface area contributed by atoms with Crippen LogP contribution in [0.15, 0.2) is 84.4 Å². The van der Waals surface area contributed by atoms with Gasteiger partial charge in [-0.3, -0.25) is 4.99 Å². The predicted octanol–water partition coefficient (Wildman–Crippen LogP) is 8.07. The first-order valence-electron chi connectivity index (χ1n) is 14.6. The zero-order valence-electron chi connectivity index (χ0n) is 23.3. The van der Waals surface area contributed by atoms with Gasteiger partial charge in [0.25, 0.3) is 0 Å². The third kappa shape index (κ3) is 4.61. The lowest BCUT2D eigenvalue weighted by molar-refractivity contribution is 0.292. The van der Waals surface area contributed by atoms with Gasteiger partial charge in [0.2, 0.25) is 0 Å². The molecule has 202 valence electrons. The van der Waals surface area contributed by atoms with Crippen molar-refractivity contribution < 1.29 is 0 Å². The first-order chi connectivity index (χ1) is 19.6. The number of nitrogens with one attached hydrogen (secondary N) is 2. The molecule has 5 aromatic rings. The lowest BCUT2D eigenvalue weighted by atomic mass is 9.99. The van der Waals surface area contributed by atoms with E-state index in [-0.39, 0.29) is 12.1 Å². The molecule has 0 spiro atoms. The number of nitrogens with zero attached hydrogens (tertiary/aromatic N) is 4. The van der Waals surface area contributed by atoms with Gasteiger partial charge in [0.1, 0.15) is 5.82 Å². The molecule has 1 saturated carbocycles. The molecule has 0 unspecified atom stereocenters. The van der Waals surface area contributed by atoms with E-state index in [4.69, 9.17) is 9.98 Å². The van der Waals surface area contributed by atoms with Crippen molar-refractivity contribution in [2.75, 3.05) is 6.54 Å². The Morgan fingerprint density at radius 3 is 2.52 bits per heavy atom. The van der Waals surface area contributed by atoms with Gasteiger partial charge in [-0.15, -0.1) is 0 Å². The molecular weight excluding hydrogens is 492 g/mol. The van der Waals surface area contributed by atoms with Crippen molar-refractivity contribution in [3.8, 4) is 22.4 Å². The minimum atomic E-state index is 0.208. The van der Waals surface area contributed by atoms with Gasteiger partial charge >= 0.3 is 0 Å². The highest BCUT2D eigenvalue weighted by Crippen LogP contribution is 2.43. The van der Waals surface area contributed by atoms with Crippen LogP contribution < -0.4 is 0 Å². The summed E-state index contributed by atoms with van der Waals surface area (Å²) >= 11 is 0. The summed E-state index contributed by atoms with van der Waals surface area (Å²) in [7, 11) is 0. The summed E-state index contributed by atoms with van der Waals surface area (Å²) in [5.74, 6) is 1.69. The second-order valence-electron chi connectivity index (χ2n) is 11.4. The minimum Gasteiger partial charge on any atom is -0.363 e. The zero-order chi connectivity index (χ0) is 27.2. The van der Waals surface area contributed by atoms with E-state index in [9.17, 15) is 0 Å². The van der Waals surface area contributed by atoms with Crippen LogP contribution in [-0.2, 0) is 0 Å². The number of likely N-dealkylation sites (tertiary alicyclic amines) is 1. The van der Waals surface area contributed by atoms with E-state index in [1.165, 1.54) is 46.1 Å². The van der Waals surface area contributed by atoms with Gasteiger partial charge in [0, 0.05) is 23.5 Å². The van der Waals surface area contributed by atoms with Crippen LogP contribution in [0.25, 0.3) is 44.2 Å². The van der Waals surface area contributed by atoms with Crippen LogP contribution in [0.2, 0.25) is 0 Å². The first kappa shape index (κ1) is 24.8. The Morgan fingerprint density at radius 2 is 1.77 bits per heavy atom. The van der Waals surface area contributed by atoms with Crippen molar-refractivity contribution in [2.45, 2.75) is 58.0 Å². The lowest BCUT2D eigenvalue weighted by Crippen LogP contribution is -2.30. The lowest BCUT2D eigenvalue weighted by Gasteiger charge is -2.31.